The van der Waals surface area contributed by atoms with Crippen LogP contribution in [0.1, 0.15) is 13.8 Å². The lowest BCUT2D eigenvalue weighted by molar-refractivity contribution is 0.445. The standard InChI is InChI=1S/C15H17Cl2N3O2S/c1-3-20(4-2)23(21,22)12-6-8-15(18-10-12)19-11-5-7-13(16)14(17)9-11/h5-10H,3-4H2,1-2H3,(H,18,19). The van der Waals surface area contributed by atoms with Crippen LogP contribution in [0.3, 0.4) is 0 Å². The monoisotopic (exact) mass is 373 g/mol. The Morgan fingerprint density at radius 2 is 1.78 bits per heavy atom. The summed E-state index contributed by atoms with van der Waals surface area (Å²) in [4.78, 5) is 4.32. The van der Waals surface area contributed by atoms with Crippen LogP contribution < -0.4 is 5.32 Å². The maximum atomic E-state index is 12.4. The van der Waals surface area contributed by atoms with Crippen molar-refractivity contribution in [2.45, 2.75) is 18.7 Å². The Labute approximate surface area is 146 Å². The SMILES string of the molecule is CCN(CC)S(=O)(=O)c1ccc(Nc2ccc(Cl)c(Cl)c2)nc1. The van der Waals surface area contributed by atoms with Gasteiger partial charge in [-0.1, -0.05) is 37.0 Å². The summed E-state index contributed by atoms with van der Waals surface area (Å²) >= 11 is 11.8. The van der Waals surface area contributed by atoms with E-state index >= 15 is 0 Å². The van der Waals surface area contributed by atoms with Crippen LogP contribution in [0.25, 0.3) is 0 Å². The molecule has 2 rings (SSSR count). The molecule has 0 aliphatic rings. The molecular weight excluding hydrogens is 357 g/mol. The lowest BCUT2D eigenvalue weighted by Crippen LogP contribution is -2.30. The van der Waals surface area contributed by atoms with Crippen molar-refractivity contribution in [3.8, 4) is 0 Å². The Balaban J connectivity index is 2.21. The number of aromatic nitrogens is 1. The molecule has 0 saturated carbocycles. The van der Waals surface area contributed by atoms with Crippen molar-refractivity contribution < 1.29 is 8.42 Å². The largest absolute Gasteiger partial charge is 0.340 e. The van der Waals surface area contributed by atoms with Crippen molar-refractivity contribution in [2.75, 3.05) is 18.4 Å². The zero-order valence-corrected chi connectivity index (χ0v) is 15.1. The van der Waals surface area contributed by atoms with E-state index in [1.165, 1.54) is 16.6 Å². The summed E-state index contributed by atoms with van der Waals surface area (Å²) in [5, 5.41) is 3.94. The third-order valence-corrected chi connectivity index (χ3v) is 6.04. The molecule has 0 unspecified atom stereocenters. The Morgan fingerprint density at radius 1 is 1.09 bits per heavy atom. The van der Waals surface area contributed by atoms with Crippen molar-refractivity contribution in [3.63, 3.8) is 0 Å². The van der Waals surface area contributed by atoms with Gasteiger partial charge in [0.2, 0.25) is 10.0 Å². The molecule has 2 aromatic rings. The number of hydrogen-bond acceptors (Lipinski definition) is 4. The Kier molecular flexibility index (Phi) is 5.86. The first-order valence-corrected chi connectivity index (χ1v) is 9.26. The highest BCUT2D eigenvalue weighted by Gasteiger charge is 2.21. The number of rotatable bonds is 6. The molecule has 1 N–H and O–H groups in total. The van der Waals surface area contributed by atoms with Gasteiger partial charge in [-0.2, -0.15) is 4.31 Å². The molecule has 0 amide bonds. The van der Waals surface area contributed by atoms with Gasteiger partial charge in [0, 0.05) is 25.0 Å². The minimum atomic E-state index is -3.50. The zero-order chi connectivity index (χ0) is 17.0. The Hall–Kier alpha value is -1.34. The smallest absolute Gasteiger partial charge is 0.244 e. The zero-order valence-electron chi connectivity index (χ0n) is 12.8. The molecule has 0 aliphatic heterocycles. The number of sulfonamides is 1. The lowest BCUT2D eigenvalue weighted by atomic mass is 10.3. The van der Waals surface area contributed by atoms with Crippen LogP contribution >= 0.6 is 23.2 Å². The van der Waals surface area contributed by atoms with E-state index < -0.39 is 10.0 Å². The average Bonchev–Trinajstić information content (AvgIpc) is 2.52. The maximum absolute atomic E-state index is 12.4. The van der Waals surface area contributed by atoms with E-state index in [-0.39, 0.29) is 4.90 Å². The molecule has 1 aromatic heterocycles. The number of pyridine rings is 1. The number of hydrogen-bond donors (Lipinski definition) is 1. The van der Waals surface area contributed by atoms with Gasteiger partial charge in [-0.3, -0.25) is 0 Å². The fraction of sp³-hybridized carbons (Fsp3) is 0.267. The van der Waals surface area contributed by atoms with Crippen LogP contribution in [-0.2, 0) is 10.0 Å². The van der Waals surface area contributed by atoms with Crippen molar-refractivity contribution in [3.05, 3.63) is 46.6 Å². The third kappa shape index (κ3) is 4.14. The Morgan fingerprint density at radius 3 is 2.30 bits per heavy atom. The van der Waals surface area contributed by atoms with Crippen molar-refractivity contribution in [1.29, 1.82) is 0 Å². The molecule has 124 valence electrons. The van der Waals surface area contributed by atoms with Gasteiger partial charge in [-0.15, -0.1) is 0 Å². The molecule has 8 heteroatoms. The quantitative estimate of drug-likeness (QED) is 0.825. The number of anilines is 2. The van der Waals surface area contributed by atoms with E-state index in [4.69, 9.17) is 23.2 Å². The second-order valence-electron chi connectivity index (χ2n) is 4.72. The molecule has 1 heterocycles. The minimum Gasteiger partial charge on any atom is -0.340 e. The number of nitrogens with zero attached hydrogens (tertiary/aromatic N) is 2. The van der Waals surface area contributed by atoms with E-state index in [9.17, 15) is 8.42 Å². The Bertz CT molecular complexity index is 776. The second-order valence-corrected chi connectivity index (χ2v) is 7.47. The molecular formula is C15H17Cl2N3O2S. The maximum Gasteiger partial charge on any atom is 0.244 e. The number of halogens is 2. The van der Waals surface area contributed by atoms with E-state index in [0.717, 1.165) is 0 Å². The van der Waals surface area contributed by atoms with Gasteiger partial charge in [0.05, 0.1) is 10.0 Å². The highest BCUT2D eigenvalue weighted by Crippen LogP contribution is 2.26. The summed E-state index contributed by atoms with van der Waals surface area (Å²) in [6.45, 7) is 4.44. The minimum absolute atomic E-state index is 0.167. The molecule has 0 bridgehead atoms. The van der Waals surface area contributed by atoms with Crippen molar-refractivity contribution in [2.24, 2.45) is 0 Å². The van der Waals surface area contributed by atoms with E-state index in [2.05, 4.69) is 10.3 Å². The molecule has 0 aliphatic carbocycles. The molecule has 23 heavy (non-hydrogen) atoms. The van der Waals surface area contributed by atoms with Crippen LogP contribution in [0.2, 0.25) is 10.0 Å². The summed E-state index contributed by atoms with van der Waals surface area (Å²) in [6, 6.07) is 8.24. The summed E-state index contributed by atoms with van der Waals surface area (Å²) in [5.41, 5.74) is 0.714. The third-order valence-electron chi connectivity index (χ3n) is 3.27. The van der Waals surface area contributed by atoms with E-state index in [1.807, 2.05) is 0 Å². The van der Waals surface area contributed by atoms with Crippen LogP contribution in [0, 0.1) is 0 Å². The first kappa shape index (κ1) is 18.0. The van der Waals surface area contributed by atoms with Gasteiger partial charge in [0.15, 0.2) is 0 Å². The van der Waals surface area contributed by atoms with Gasteiger partial charge >= 0.3 is 0 Å². The van der Waals surface area contributed by atoms with Crippen LogP contribution in [-0.4, -0.2) is 30.8 Å². The fourth-order valence-electron chi connectivity index (χ4n) is 2.04. The average molecular weight is 374 g/mol. The predicted molar refractivity (Wildman–Crippen MR) is 94.1 cm³/mol. The molecule has 1 aromatic carbocycles. The van der Waals surface area contributed by atoms with Gasteiger partial charge in [-0.25, -0.2) is 13.4 Å². The summed E-state index contributed by atoms with van der Waals surface area (Å²) in [5.74, 6) is 0.516. The summed E-state index contributed by atoms with van der Waals surface area (Å²) in [6.07, 6.45) is 1.34. The number of nitrogens with one attached hydrogen (secondary N) is 1. The van der Waals surface area contributed by atoms with E-state index in [1.54, 1.807) is 38.1 Å². The van der Waals surface area contributed by atoms with Crippen molar-refractivity contribution >= 4 is 44.7 Å². The fourth-order valence-corrected chi connectivity index (χ4v) is 3.74. The van der Waals surface area contributed by atoms with Gasteiger partial charge < -0.3 is 5.32 Å². The van der Waals surface area contributed by atoms with Gasteiger partial charge in [0.25, 0.3) is 0 Å². The molecule has 0 atom stereocenters. The second kappa shape index (κ2) is 7.49. The highest BCUT2D eigenvalue weighted by molar-refractivity contribution is 7.89. The molecule has 5 nitrogen and oxygen atoms in total. The lowest BCUT2D eigenvalue weighted by Gasteiger charge is -2.18. The summed E-state index contributed by atoms with van der Waals surface area (Å²) < 4.78 is 26.1. The first-order chi connectivity index (χ1) is 10.9. The van der Waals surface area contributed by atoms with Gasteiger partial charge in [-0.05, 0) is 30.3 Å². The molecule has 0 spiro atoms. The number of benzene rings is 1. The van der Waals surface area contributed by atoms with E-state index in [0.29, 0.717) is 34.6 Å². The van der Waals surface area contributed by atoms with Crippen molar-refractivity contribution in [1.82, 2.24) is 9.29 Å². The molecule has 0 saturated heterocycles. The normalized spacial score (nSPS) is 11.7. The van der Waals surface area contributed by atoms with Crippen LogP contribution in [0.15, 0.2) is 41.4 Å². The summed E-state index contributed by atoms with van der Waals surface area (Å²) in [7, 11) is -3.50. The van der Waals surface area contributed by atoms with Gasteiger partial charge in [0.1, 0.15) is 10.7 Å². The predicted octanol–water partition coefficient (Wildman–Crippen LogP) is 4.16. The molecule has 0 fully saturated rings. The molecule has 0 radical (unpaired) electrons. The van der Waals surface area contributed by atoms with Crippen LogP contribution in [0.4, 0.5) is 11.5 Å². The topological polar surface area (TPSA) is 62.3 Å². The first-order valence-electron chi connectivity index (χ1n) is 7.06. The van der Waals surface area contributed by atoms with Crippen LogP contribution in [0.5, 0.6) is 0 Å². The highest BCUT2D eigenvalue weighted by atomic mass is 35.5.